The van der Waals surface area contributed by atoms with Crippen LogP contribution in [0, 0.1) is 0 Å². The number of rotatable bonds is 12. The number of unbranched alkanes of at least 4 members (excludes halogenated alkanes) is 7. The van der Waals surface area contributed by atoms with Gasteiger partial charge in [-0.1, -0.05) is 86.8 Å². The number of hydrogen-bond donors (Lipinski definition) is 8. The van der Waals surface area contributed by atoms with Crippen molar-refractivity contribution >= 4 is 21.6 Å². The molecule has 2 rings (SSSR count). The summed E-state index contributed by atoms with van der Waals surface area (Å²) in [4.78, 5) is 0. The van der Waals surface area contributed by atoms with Crippen molar-refractivity contribution in [2.24, 2.45) is 0 Å². The van der Waals surface area contributed by atoms with E-state index in [4.69, 9.17) is 19.7 Å². The van der Waals surface area contributed by atoms with Gasteiger partial charge in [0, 0.05) is 0 Å². The lowest BCUT2D eigenvalue weighted by atomic mass is 10.0. The van der Waals surface area contributed by atoms with E-state index >= 15 is 0 Å². The van der Waals surface area contributed by atoms with E-state index in [2.05, 4.69) is 13.8 Å². The largest absolute Gasteiger partial charge is 0.394 e. The van der Waals surface area contributed by atoms with Crippen LogP contribution < -0.4 is 0 Å². The Bertz CT molecular complexity index is 472. The second-order valence-corrected chi connectivity index (χ2v) is 11.2. The van der Waals surface area contributed by atoms with E-state index in [1.165, 1.54) is 51.4 Å². The summed E-state index contributed by atoms with van der Waals surface area (Å²) < 4.78 is 10.6. The third-order valence-corrected chi connectivity index (χ3v) is 8.64. The number of ether oxygens (including phenoxy) is 2. The van der Waals surface area contributed by atoms with E-state index in [0.29, 0.717) is 0 Å². The molecule has 2 unspecified atom stereocenters. The van der Waals surface area contributed by atoms with Crippen LogP contribution in [0.1, 0.15) is 65.2 Å². The molecular weight excluding hydrogens is 488 g/mol. The maximum absolute atomic E-state index is 9.93. The van der Waals surface area contributed by atoms with Crippen molar-refractivity contribution in [2.45, 2.75) is 125 Å². The van der Waals surface area contributed by atoms with Crippen molar-refractivity contribution < 1.29 is 50.3 Å². The van der Waals surface area contributed by atoms with Gasteiger partial charge in [-0.25, -0.2) is 0 Å². The molecule has 2 fully saturated rings. The molecular formula is C22H44O10S2. The van der Waals surface area contributed by atoms with Crippen molar-refractivity contribution in [1.29, 1.82) is 0 Å². The Hall–Kier alpha value is 0.300. The van der Waals surface area contributed by atoms with Gasteiger partial charge in [0.1, 0.15) is 59.7 Å². The van der Waals surface area contributed by atoms with Crippen LogP contribution in [0.15, 0.2) is 0 Å². The maximum Gasteiger partial charge on any atom is 0.142 e. The van der Waals surface area contributed by atoms with Crippen molar-refractivity contribution in [3.05, 3.63) is 0 Å². The first-order valence-electron chi connectivity index (χ1n) is 12.2. The molecule has 2 aliphatic heterocycles. The maximum atomic E-state index is 9.93. The summed E-state index contributed by atoms with van der Waals surface area (Å²) in [6.45, 7) is 3.41. The monoisotopic (exact) mass is 532 g/mol. The second-order valence-electron chi connectivity index (χ2n) is 8.71. The fourth-order valence-corrected chi connectivity index (χ4v) is 6.37. The summed E-state index contributed by atoms with van der Waals surface area (Å²) in [7, 11) is 1.72. The molecule has 0 spiro atoms. The Kier molecular flexibility index (Phi) is 16.8. The molecule has 34 heavy (non-hydrogen) atoms. The average molecular weight is 533 g/mol. The van der Waals surface area contributed by atoms with Gasteiger partial charge >= 0.3 is 0 Å². The van der Waals surface area contributed by atoms with Crippen LogP contribution in [-0.2, 0) is 9.47 Å². The third-order valence-electron chi connectivity index (χ3n) is 5.90. The Labute approximate surface area is 210 Å². The van der Waals surface area contributed by atoms with Gasteiger partial charge in [-0.05, 0) is 0 Å². The van der Waals surface area contributed by atoms with Crippen molar-refractivity contribution in [3.8, 4) is 0 Å². The fraction of sp³-hybridized carbons (Fsp3) is 1.00. The molecule has 12 heteroatoms. The minimum Gasteiger partial charge on any atom is -0.394 e. The quantitative estimate of drug-likeness (QED) is 0.126. The molecule has 0 bridgehead atoms. The van der Waals surface area contributed by atoms with Crippen LogP contribution in [-0.4, -0.2) is 114 Å². The first kappa shape index (κ1) is 32.3. The zero-order valence-corrected chi connectivity index (χ0v) is 21.7. The van der Waals surface area contributed by atoms with E-state index in [9.17, 15) is 30.6 Å². The lowest BCUT2D eigenvalue weighted by molar-refractivity contribution is -0.206. The van der Waals surface area contributed by atoms with Crippen LogP contribution in [0.4, 0.5) is 0 Å². The number of hydrogen-bond acceptors (Lipinski definition) is 12. The molecule has 204 valence electrons. The zero-order valence-electron chi connectivity index (χ0n) is 20.1. The summed E-state index contributed by atoms with van der Waals surface area (Å²) in [6.07, 6.45) is 0.441. The summed E-state index contributed by atoms with van der Waals surface area (Å²) in [5, 5.41) is 76.9. The van der Waals surface area contributed by atoms with Gasteiger partial charge in [-0.3, -0.25) is 0 Å². The lowest BCUT2D eigenvalue weighted by Crippen LogP contribution is -2.58. The van der Waals surface area contributed by atoms with Crippen molar-refractivity contribution in [3.63, 3.8) is 0 Å². The molecule has 0 radical (unpaired) electrons. The predicted octanol–water partition coefficient (Wildman–Crippen LogP) is 0.115. The van der Waals surface area contributed by atoms with Crippen LogP contribution in [0.3, 0.4) is 0 Å². The van der Waals surface area contributed by atoms with Crippen LogP contribution in [0.2, 0.25) is 0 Å². The van der Waals surface area contributed by atoms with Crippen molar-refractivity contribution in [2.75, 3.05) is 13.2 Å². The summed E-state index contributed by atoms with van der Waals surface area (Å²) in [5.74, 6) is 0. The first-order valence-corrected chi connectivity index (χ1v) is 14.4. The molecule has 0 saturated carbocycles. The highest BCUT2D eigenvalue weighted by Gasteiger charge is 2.47. The van der Waals surface area contributed by atoms with Crippen molar-refractivity contribution in [1.82, 2.24) is 0 Å². The van der Waals surface area contributed by atoms with Gasteiger partial charge < -0.3 is 50.3 Å². The standard InChI is InChI=1S/C12H22O10S2.C10H22/c13-1-3-5(15)7(17)9(19)11(21-3)23-24-12-10(20)8(18)6(16)4(2-14)22-12;1-3-5-7-9-10-8-6-4-2/h3-20H,1-2H2;3-10H2,1-2H3/t3-,4-,5-,6-,7+,8+,9-,10-,11?,12?;/m1./s1. The van der Waals surface area contributed by atoms with E-state index in [1.54, 1.807) is 0 Å². The van der Waals surface area contributed by atoms with Gasteiger partial charge in [0.05, 0.1) is 13.2 Å². The Morgan fingerprint density at radius 2 is 0.824 bits per heavy atom. The molecule has 0 aromatic rings. The predicted molar refractivity (Wildman–Crippen MR) is 131 cm³/mol. The van der Waals surface area contributed by atoms with Crippen LogP contribution >= 0.6 is 21.6 Å². The Balaban J connectivity index is 0.000000489. The molecule has 0 aromatic carbocycles. The third kappa shape index (κ3) is 9.98. The topological polar surface area (TPSA) is 180 Å². The molecule has 8 N–H and O–H groups in total. The normalized spacial score (nSPS) is 38.3. The lowest BCUT2D eigenvalue weighted by Gasteiger charge is -2.42. The van der Waals surface area contributed by atoms with E-state index < -0.39 is 72.9 Å². The highest BCUT2D eigenvalue weighted by atomic mass is 33.1. The van der Waals surface area contributed by atoms with Crippen LogP contribution in [0.25, 0.3) is 0 Å². The number of aliphatic hydroxyl groups is 8. The average Bonchev–Trinajstić information content (AvgIpc) is 2.84. The first-order chi connectivity index (χ1) is 16.2. The smallest absolute Gasteiger partial charge is 0.142 e. The highest BCUT2D eigenvalue weighted by molar-refractivity contribution is 8.77. The fourth-order valence-electron chi connectivity index (χ4n) is 3.61. The van der Waals surface area contributed by atoms with Gasteiger partial charge in [0.2, 0.25) is 0 Å². The van der Waals surface area contributed by atoms with E-state index in [0.717, 1.165) is 21.6 Å². The molecule has 2 saturated heterocycles. The highest BCUT2D eigenvalue weighted by Crippen LogP contribution is 2.41. The SMILES string of the molecule is CCCCCCCCCC.OC[C@H]1OC(SSC2O[C@H](CO)[C@@H](O)[C@H](O)[C@H]2O)[C@H](O)[C@@H](O)[C@@H]1O. The summed E-state index contributed by atoms with van der Waals surface area (Å²) in [5.41, 5.74) is -2.09. The summed E-state index contributed by atoms with van der Waals surface area (Å²) in [6, 6.07) is 0. The minimum atomic E-state index is -1.52. The molecule has 10 nitrogen and oxygen atoms in total. The Morgan fingerprint density at radius 1 is 0.500 bits per heavy atom. The van der Waals surface area contributed by atoms with Gasteiger partial charge in [0.15, 0.2) is 0 Å². The molecule has 0 aromatic heterocycles. The molecule has 2 aliphatic rings. The summed E-state index contributed by atoms with van der Waals surface area (Å²) >= 11 is 0. The van der Waals surface area contributed by atoms with E-state index in [1.807, 2.05) is 0 Å². The number of aliphatic hydroxyl groups excluding tert-OH is 8. The Morgan fingerprint density at radius 3 is 1.12 bits per heavy atom. The van der Waals surface area contributed by atoms with E-state index in [-0.39, 0.29) is 0 Å². The molecule has 0 amide bonds. The van der Waals surface area contributed by atoms with Crippen LogP contribution in [0.5, 0.6) is 0 Å². The minimum absolute atomic E-state index is 0.563. The van der Waals surface area contributed by atoms with Gasteiger partial charge in [0.25, 0.3) is 0 Å². The van der Waals surface area contributed by atoms with Gasteiger partial charge in [-0.2, -0.15) is 0 Å². The second kappa shape index (κ2) is 17.7. The molecule has 0 aliphatic carbocycles. The van der Waals surface area contributed by atoms with Gasteiger partial charge in [-0.15, -0.1) is 0 Å². The molecule has 2 heterocycles. The molecule has 10 atom stereocenters. The zero-order chi connectivity index (χ0) is 25.7.